The van der Waals surface area contributed by atoms with Crippen molar-refractivity contribution in [1.29, 1.82) is 0 Å². The summed E-state index contributed by atoms with van der Waals surface area (Å²) in [5, 5.41) is 4.31. The molecule has 0 spiro atoms. The van der Waals surface area contributed by atoms with Crippen molar-refractivity contribution < 1.29 is 9.53 Å². The first-order valence-electron chi connectivity index (χ1n) is 8.24. The largest absolute Gasteiger partial charge is 0.489 e. The molecule has 1 aromatic rings. The van der Waals surface area contributed by atoms with Gasteiger partial charge in [0.1, 0.15) is 11.9 Å². The van der Waals surface area contributed by atoms with E-state index in [9.17, 15) is 4.79 Å². The molecule has 7 heteroatoms. The molecule has 1 amide bonds. The molecule has 0 aliphatic carbocycles. The molecular weight excluding hydrogens is 371 g/mol. The lowest BCUT2D eigenvalue weighted by molar-refractivity contribution is -0.139. The van der Waals surface area contributed by atoms with Crippen LogP contribution in [-0.4, -0.2) is 43.1 Å². The first kappa shape index (κ1) is 19.6. The third-order valence-electron chi connectivity index (χ3n) is 4.57. The Morgan fingerprint density at radius 1 is 1.17 bits per heavy atom. The van der Waals surface area contributed by atoms with Crippen LogP contribution in [0.1, 0.15) is 25.7 Å². The number of hydrogen-bond acceptors (Lipinski definition) is 3. The molecule has 2 aliphatic rings. The summed E-state index contributed by atoms with van der Waals surface area (Å²) in [4.78, 5) is 14.6. The van der Waals surface area contributed by atoms with Crippen LogP contribution in [0.2, 0.25) is 10.0 Å². The average molecular weight is 394 g/mol. The van der Waals surface area contributed by atoms with Gasteiger partial charge in [0.15, 0.2) is 0 Å². The van der Waals surface area contributed by atoms with Gasteiger partial charge in [-0.25, -0.2) is 0 Å². The standard InChI is InChI=1S/C17H22Cl2N2O2.ClH/c18-15-4-3-13(10-16(15)19)23-14-2-1-9-21(11-14)17(22)12-5-7-20-8-6-12;/h3-4,10,12,14,20H,1-2,5-9,11H2;1H. The van der Waals surface area contributed by atoms with Crippen molar-refractivity contribution >= 4 is 41.5 Å². The van der Waals surface area contributed by atoms with Crippen molar-refractivity contribution in [1.82, 2.24) is 10.2 Å². The van der Waals surface area contributed by atoms with Crippen LogP contribution < -0.4 is 10.1 Å². The molecule has 134 valence electrons. The molecule has 0 bridgehead atoms. The second-order valence-electron chi connectivity index (χ2n) is 6.27. The van der Waals surface area contributed by atoms with Crippen molar-refractivity contribution in [3.8, 4) is 5.75 Å². The van der Waals surface area contributed by atoms with Gasteiger partial charge in [-0.1, -0.05) is 23.2 Å². The molecule has 0 aromatic heterocycles. The summed E-state index contributed by atoms with van der Waals surface area (Å²) in [6, 6.07) is 5.29. The maximum Gasteiger partial charge on any atom is 0.225 e. The SMILES string of the molecule is Cl.O=C(C1CCNCC1)N1CCCC(Oc2ccc(Cl)c(Cl)c2)C1. The summed E-state index contributed by atoms with van der Waals surface area (Å²) in [5.41, 5.74) is 0. The molecule has 1 unspecified atom stereocenters. The highest BCUT2D eigenvalue weighted by molar-refractivity contribution is 6.42. The number of carbonyl (C=O) groups is 1. The molecule has 1 atom stereocenters. The van der Waals surface area contributed by atoms with E-state index >= 15 is 0 Å². The van der Waals surface area contributed by atoms with Gasteiger partial charge >= 0.3 is 0 Å². The van der Waals surface area contributed by atoms with Gasteiger partial charge in [0.25, 0.3) is 0 Å². The molecule has 24 heavy (non-hydrogen) atoms. The first-order chi connectivity index (χ1) is 11.1. The van der Waals surface area contributed by atoms with Gasteiger partial charge in [0.05, 0.1) is 16.6 Å². The Morgan fingerprint density at radius 2 is 1.92 bits per heavy atom. The number of nitrogens with zero attached hydrogens (tertiary/aromatic N) is 1. The van der Waals surface area contributed by atoms with E-state index in [4.69, 9.17) is 27.9 Å². The predicted octanol–water partition coefficient (Wildman–Crippen LogP) is 3.78. The van der Waals surface area contributed by atoms with Gasteiger partial charge in [-0.15, -0.1) is 12.4 Å². The fourth-order valence-electron chi connectivity index (χ4n) is 3.30. The molecule has 4 nitrogen and oxygen atoms in total. The summed E-state index contributed by atoms with van der Waals surface area (Å²) < 4.78 is 6.01. The molecular formula is C17H23Cl3N2O2. The maximum atomic E-state index is 12.7. The van der Waals surface area contributed by atoms with E-state index in [1.165, 1.54) is 0 Å². The number of benzene rings is 1. The molecule has 1 aromatic carbocycles. The molecule has 0 radical (unpaired) electrons. The van der Waals surface area contributed by atoms with Crippen LogP contribution in [0.4, 0.5) is 0 Å². The third-order valence-corrected chi connectivity index (χ3v) is 5.31. The lowest BCUT2D eigenvalue weighted by atomic mass is 9.95. The topological polar surface area (TPSA) is 41.6 Å². The highest BCUT2D eigenvalue weighted by Crippen LogP contribution is 2.28. The Hall–Kier alpha value is -0.680. The van der Waals surface area contributed by atoms with Gasteiger partial charge in [0.2, 0.25) is 5.91 Å². The van der Waals surface area contributed by atoms with Crippen LogP contribution in [0.25, 0.3) is 0 Å². The lowest BCUT2D eigenvalue weighted by Crippen LogP contribution is -2.48. The number of nitrogens with one attached hydrogen (secondary N) is 1. The Morgan fingerprint density at radius 3 is 2.62 bits per heavy atom. The second kappa shape index (κ2) is 9.14. The number of piperidine rings is 2. The monoisotopic (exact) mass is 392 g/mol. The number of likely N-dealkylation sites (tertiary alicyclic amines) is 1. The number of ether oxygens (including phenoxy) is 1. The smallest absolute Gasteiger partial charge is 0.225 e. The van der Waals surface area contributed by atoms with Gasteiger partial charge in [-0.05, 0) is 50.9 Å². The van der Waals surface area contributed by atoms with E-state index in [0.29, 0.717) is 22.3 Å². The minimum Gasteiger partial charge on any atom is -0.489 e. The highest BCUT2D eigenvalue weighted by Gasteiger charge is 2.30. The maximum absolute atomic E-state index is 12.7. The minimum atomic E-state index is 0. The lowest BCUT2D eigenvalue weighted by Gasteiger charge is -2.36. The number of halogens is 3. The minimum absolute atomic E-state index is 0. The van der Waals surface area contributed by atoms with Crippen molar-refractivity contribution in [3.05, 3.63) is 28.2 Å². The molecule has 0 saturated carbocycles. The van der Waals surface area contributed by atoms with E-state index in [-0.39, 0.29) is 30.3 Å². The van der Waals surface area contributed by atoms with Crippen molar-refractivity contribution in [3.63, 3.8) is 0 Å². The number of amides is 1. The van der Waals surface area contributed by atoms with E-state index < -0.39 is 0 Å². The molecule has 2 fully saturated rings. The van der Waals surface area contributed by atoms with E-state index in [2.05, 4.69) is 5.32 Å². The van der Waals surface area contributed by atoms with Crippen molar-refractivity contribution in [2.24, 2.45) is 5.92 Å². The summed E-state index contributed by atoms with van der Waals surface area (Å²) in [6.45, 7) is 3.37. The second-order valence-corrected chi connectivity index (χ2v) is 7.08. The average Bonchev–Trinajstić information content (AvgIpc) is 2.58. The first-order valence-corrected chi connectivity index (χ1v) is 9.00. The molecule has 2 aliphatic heterocycles. The Bertz CT molecular complexity index is 565. The Kier molecular flexibility index (Phi) is 7.48. The van der Waals surface area contributed by atoms with Gasteiger partial charge in [-0.3, -0.25) is 4.79 Å². The zero-order valence-corrected chi connectivity index (χ0v) is 15.8. The van der Waals surface area contributed by atoms with Crippen LogP contribution in [-0.2, 0) is 4.79 Å². The fraction of sp³-hybridized carbons (Fsp3) is 0.588. The van der Waals surface area contributed by atoms with Crippen LogP contribution >= 0.6 is 35.6 Å². The van der Waals surface area contributed by atoms with Crippen LogP contribution in [0, 0.1) is 5.92 Å². The van der Waals surface area contributed by atoms with E-state index in [1.54, 1.807) is 12.1 Å². The summed E-state index contributed by atoms with van der Waals surface area (Å²) >= 11 is 12.0. The molecule has 2 heterocycles. The van der Waals surface area contributed by atoms with E-state index in [0.717, 1.165) is 45.3 Å². The van der Waals surface area contributed by atoms with Crippen molar-refractivity contribution in [2.45, 2.75) is 31.8 Å². The van der Waals surface area contributed by atoms with Gasteiger partial charge < -0.3 is 15.0 Å². The number of hydrogen-bond donors (Lipinski definition) is 1. The third kappa shape index (κ3) is 4.92. The van der Waals surface area contributed by atoms with Crippen LogP contribution in [0.15, 0.2) is 18.2 Å². The molecule has 2 saturated heterocycles. The van der Waals surface area contributed by atoms with Gasteiger partial charge in [0, 0.05) is 18.5 Å². The zero-order valence-electron chi connectivity index (χ0n) is 13.5. The predicted molar refractivity (Wildman–Crippen MR) is 99.5 cm³/mol. The zero-order chi connectivity index (χ0) is 16.2. The Labute approximate surface area is 159 Å². The number of carbonyl (C=O) groups excluding carboxylic acids is 1. The summed E-state index contributed by atoms with van der Waals surface area (Å²) in [6.07, 6.45) is 3.83. The molecule has 1 N–H and O–H groups in total. The Balaban J connectivity index is 0.00000208. The number of rotatable bonds is 3. The van der Waals surface area contributed by atoms with Crippen molar-refractivity contribution in [2.75, 3.05) is 26.2 Å². The summed E-state index contributed by atoms with van der Waals surface area (Å²) in [7, 11) is 0. The molecule has 3 rings (SSSR count). The fourth-order valence-corrected chi connectivity index (χ4v) is 3.59. The van der Waals surface area contributed by atoms with Crippen LogP contribution in [0.5, 0.6) is 5.75 Å². The van der Waals surface area contributed by atoms with Crippen LogP contribution in [0.3, 0.4) is 0 Å². The highest BCUT2D eigenvalue weighted by atomic mass is 35.5. The summed E-state index contributed by atoms with van der Waals surface area (Å²) in [5.74, 6) is 1.16. The normalized spacial score (nSPS) is 21.9. The van der Waals surface area contributed by atoms with Gasteiger partial charge in [-0.2, -0.15) is 0 Å². The van der Waals surface area contributed by atoms with E-state index in [1.807, 2.05) is 11.0 Å². The quantitative estimate of drug-likeness (QED) is 0.849.